The lowest BCUT2D eigenvalue weighted by atomic mass is 10.2. The molecule has 1 fully saturated rings. The predicted molar refractivity (Wildman–Crippen MR) is 93.3 cm³/mol. The van der Waals surface area contributed by atoms with Crippen molar-refractivity contribution in [2.75, 3.05) is 6.54 Å². The number of H-pyrrole nitrogens is 2. The molecule has 2 unspecified atom stereocenters. The molecule has 3 aromatic heterocycles. The maximum absolute atomic E-state index is 12.4. The van der Waals surface area contributed by atoms with Crippen molar-refractivity contribution in [2.24, 2.45) is 5.92 Å². The van der Waals surface area contributed by atoms with Crippen LogP contribution in [-0.2, 0) is 11.2 Å². The Morgan fingerprint density at radius 2 is 2.23 bits per heavy atom. The summed E-state index contributed by atoms with van der Waals surface area (Å²) in [5, 5.41) is 20.1. The van der Waals surface area contributed by atoms with E-state index < -0.39 is 0 Å². The lowest BCUT2D eigenvalue weighted by molar-refractivity contribution is -0.120. The highest BCUT2D eigenvalue weighted by molar-refractivity contribution is 6.04. The van der Waals surface area contributed by atoms with Gasteiger partial charge in [-0.2, -0.15) is 10.2 Å². The number of fused-ring (bicyclic) bond motifs is 1. The summed E-state index contributed by atoms with van der Waals surface area (Å²) in [7, 11) is 0. The average Bonchev–Trinajstić information content (AvgIpc) is 3.02. The van der Waals surface area contributed by atoms with Gasteiger partial charge in [-0.25, -0.2) is 4.98 Å². The Bertz CT molecular complexity index is 961. The van der Waals surface area contributed by atoms with Crippen LogP contribution in [0.3, 0.4) is 0 Å². The number of carbonyl (C=O) groups is 2. The smallest absolute Gasteiger partial charge is 0.270 e. The Balaban J connectivity index is 1.26. The molecule has 1 aliphatic carbocycles. The predicted octanol–water partition coefficient (Wildman–Crippen LogP) is 0.467. The van der Waals surface area contributed by atoms with Crippen LogP contribution in [0.5, 0.6) is 0 Å². The normalized spacial score (nSPS) is 18.7. The van der Waals surface area contributed by atoms with Gasteiger partial charge >= 0.3 is 0 Å². The number of hydrogen-bond donors (Lipinski definition) is 4. The summed E-state index contributed by atoms with van der Waals surface area (Å²) in [5.74, 6) is 0.00567. The number of nitrogens with one attached hydrogen (secondary N) is 4. The van der Waals surface area contributed by atoms with E-state index in [0.717, 1.165) is 17.7 Å². The van der Waals surface area contributed by atoms with Crippen molar-refractivity contribution in [3.05, 3.63) is 41.5 Å². The van der Waals surface area contributed by atoms with Crippen LogP contribution in [0.4, 0.5) is 0 Å². The molecule has 9 nitrogen and oxygen atoms in total. The quantitative estimate of drug-likeness (QED) is 0.512. The molecule has 1 saturated carbocycles. The molecule has 0 bridgehead atoms. The number of carbonyl (C=O) groups excluding carboxylic acids is 2. The summed E-state index contributed by atoms with van der Waals surface area (Å²) in [5.41, 5.74) is 2.73. The number of pyridine rings is 1. The molecular formula is C17H19N7O2. The second-order valence-electron chi connectivity index (χ2n) is 6.55. The van der Waals surface area contributed by atoms with Crippen LogP contribution >= 0.6 is 0 Å². The Kier molecular flexibility index (Phi) is 4.11. The number of aromatic nitrogens is 5. The molecule has 3 heterocycles. The summed E-state index contributed by atoms with van der Waals surface area (Å²) < 4.78 is 0. The van der Waals surface area contributed by atoms with E-state index in [1.54, 1.807) is 18.5 Å². The first-order valence-electron chi connectivity index (χ1n) is 8.47. The molecule has 3 aromatic rings. The van der Waals surface area contributed by atoms with Crippen LogP contribution in [0.15, 0.2) is 24.5 Å². The van der Waals surface area contributed by atoms with Gasteiger partial charge in [0.2, 0.25) is 5.91 Å². The van der Waals surface area contributed by atoms with Gasteiger partial charge in [-0.1, -0.05) is 0 Å². The second kappa shape index (κ2) is 6.58. The van der Waals surface area contributed by atoms with Crippen molar-refractivity contribution < 1.29 is 9.59 Å². The molecular weight excluding hydrogens is 334 g/mol. The zero-order chi connectivity index (χ0) is 18.1. The Morgan fingerprint density at radius 3 is 3.04 bits per heavy atom. The van der Waals surface area contributed by atoms with Gasteiger partial charge in [0.1, 0.15) is 5.69 Å². The van der Waals surface area contributed by atoms with Crippen molar-refractivity contribution in [3.63, 3.8) is 0 Å². The highest BCUT2D eigenvalue weighted by atomic mass is 16.2. The SMILES string of the molecule is Cc1[nH]ncc1CC(=O)NCC1CC1NC(=O)c1[nH]nc2ncccc12. The molecule has 4 N–H and O–H groups in total. The molecule has 2 atom stereocenters. The molecule has 0 spiro atoms. The topological polar surface area (TPSA) is 128 Å². The minimum Gasteiger partial charge on any atom is -0.355 e. The van der Waals surface area contributed by atoms with E-state index in [1.165, 1.54) is 0 Å². The molecule has 26 heavy (non-hydrogen) atoms. The van der Waals surface area contributed by atoms with E-state index >= 15 is 0 Å². The molecule has 0 aliphatic heterocycles. The van der Waals surface area contributed by atoms with Crippen molar-refractivity contribution in [1.29, 1.82) is 0 Å². The summed E-state index contributed by atoms with van der Waals surface area (Å²) in [4.78, 5) is 28.5. The molecule has 134 valence electrons. The molecule has 2 amide bonds. The molecule has 1 aliphatic rings. The summed E-state index contributed by atoms with van der Waals surface area (Å²) in [6.45, 7) is 2.43. The van der Waals surface area contributed by atoms with Gasteiger partial charge in [0.15, 0.2) is 5.65 Å². The average molecular weight is 353 g/mol. The van der Waals surface area contributed by atoms with Crippen molar-refractivity contribution >= 4 is 22.8 Å². The largest absolute Gasteiger partial charge is 0.355 e. The first-order valence-corrected chi connectivity index (χ1v) is 8.47. The Hall–Kier alpha value is -3.23. The van der Waals surface area contributed by atoms with E-state index in [4.69, 9.17) is 0 Å². The van der Waals surface area contributed by atoms with E-state index in [2.05, 4.69) is 36.0 Å². The van der Waals surface area contributed by atoms with Crippen LogP contribution in [0.2, 0.25) is 0 Å². The Morgan fingerprint density at radius 1 is 1.35 bits per heavy atom. The first-order chi connectivity index (χ1) is 12.6. The number of amides is 2. The number of nitrogens with zero attached hydrogens (tertiary/aromatic N) is 3. The van der Waals surface area contributed by atoms with Gasteiger partial charge in [0.05, 0.1) is 18.0 Å². The molecule has 0 aromatic carbocycles. The number of rotatable bonds is 6. The van der Waals surface area contributed by atoms with Gasteiger partial charge in [-0.3, -0.25) is 19.8 Å². The number of hydrogen-bond acceptors (Lipinski definition) is 5. The van der Waals surface area contributed by atoms with Gasteiger partial charge in [-0.15, -0.1) is 0 Å². The van der Waals surface area contributed by atoms with Gasteiger partial charge < -0.3 is 10.6 Å². The van der Waals surface area contributed by atoms with E-state index in [1.807, 2.05) is 13.0 Å². The highest BCUT2D eigenvalue weighted by Gasteiger charge is 2.38. The molecule has 0 saturated heterocycles. The van der Waals surface area contributed by atoms with Crippen molar-refractivity contribution in [1.82, 2.24) is 36.0 Å². The minimum absolute atomic E-state index is 0.0443. The fraction of sp³-hybridized carbons (Fsp3) is 0.353. The highest BCUT2D eigenvalue weighted by Crippen LogP contribution is 2.30. The van der Waals surface area contributed by atoms with Gasteiger partial charge in [0.25, 0.3) is 5.91 Å². The first kappa shape index (κ1) is 16.2. The Labute approximate surface area is 149 Å². The van der Waals surface area contributed by atoms with Crippen LogP contribution in [-0.4, -0.2) is 49.8 Å². The van der Waals surface area contributed by atoms with Gasteiger partial charge in [0, 0.05) is 30.0 Å². The van der Waals surface area contributed by atoms with Crippen LogP contribution < -0.4 is 10.6 Å². The third-order valence-electron chi connectivity index (χ3n) is 4.64. The number of aromatic amines is 2. The summed E-state index contributed by atoms with van der Waals surface area (Å²) in [6, 6.07) is 3.64. The third kappa shape index (κ3) is 3.28. The molecule has 9 heteroatoms. The van der Waals surface area contributed by atoms with E-state index in [0.29, 0.717) is 29.7 Å². The van der Waals surface area contributed by atoms with Crippen molar-refractivity contribution in [3.8, 4) is 0 Å². The lowest BCUT2D eigenvalue weighted by Crippen LogP contribution is -2.32. The molecule has 4 rings (SSSR count). The van der Waals surface area contributed by atoms with Crippen LogP contribution in [0.1, 0.15) is 28.2 Å². The lowest BCUT2D eigenvalue weighted by Gasteiger charge is -2.06. The zero-order valence-corrected chi connectivity index (χ0v) is 14.2. The van der Waals surface area contributed by atoms with Gasteiger partial charge in [-0.05, 0) is 31.4 Å². The maximum Gasteiger partial charge on any atom is 0.270 e. The fourth-order valence-corrected chi connectivity index (χ4v) is 2.95. The van der Waals surface area contributed by atoms with E-state index in [9.17, 15) is 9.59 Å². The minimum atomic E-state index is -0.201. The third-order valence-corrected chi connectivity index (χ3v) is 4.64. The number of aryl methyl sites for hydroxylation is 1. The zero-order valence-electron chi connectivity index (χ0n) is 14.2. The summed E-state index contributed by atoms with van der Waals surface area (Å²) in [6.07, 6.45) is 4.45. The monoisotopic (exact) mass is 353 g/mol. The van der Waals surface area contributed by atoms with Crippen LogP contribution in [0, 0.1) is 12.8 Å². The van der Waals surface area contributed by atoms with Crippen LogP contribution in [0.25, 0.3) is 11.0 Å². The second-order valence-corrected chi connectivity index (χ2v) is 6.55. The van der Waals surface area contributed by atoms with Crippen molar-refractivity contribution in [2.45, 2.75) is 25.8 Å². The maximum atomic E-state index is 12.4. The molecule has 0 radical (unpaired) electrons. The van der Waals surface area contributed by atoms with E-state index in [-0.39, 0.29) is 23.8 Å². The standard InChI is InChI=1S/C17H19N7O2/c1-9-10(8-20-22-9)6-14(25)19-7-11-5-13(11)21-17(26)15-12-3-2-4-18-16(12)24-23-15/h2-4,8,11,13H,5-7H2,1H3,(H,19,25)(H,20,22)(H,21,26)(H,18,23,24). The fourth-order valence-electron chi connectivity index (χ4n) is 2.95. The summed E-state index contributed by atoms with van der Waals surface area (Å²) >= 11 is 0.